The molecule has 2 N–H and O–H groups in total. The SMILES string of the molecule is CCC(C)(C)N.CN(C)C. The summed E-state index contributed by atoms with van der Waals surface area (Å²) in [4.78, 5) is 2.00. The van der Waals surface area contributed by atoms with Crippen molar-refractivity contribution in [2.75, 3.05) is 21.1 Å². The van der Waals surface area contributed by atoms with Gasteiger partial charge >= 0.3 is 0 Å². The van der Waals surface area contributed by atoms with Crippen LogP contribution in [0.1, 0.15) is 27.2 Å². The van der Waals surface area contributed by atoms with Crippen LogP contribution in [0, 0.1) is 0 Å². The Balaban J connectivity index is 0. The van der Waals surface area contributed by atoms with Crippen molar-refractivity contribution in [3.8, 4) is 0 Å². The Morgan fingerprint density at radius 2 is 1.30 bits per heavy atom. The molecule has 0 aliphatic rings. The van der Waals surface area contributed by atoms with Gasteiger partial charge in [0, 0.05) is 5.54 Å². The molecule has 0 spiro atoms. The maximum absolute atomic E-state index is 5.53. The molecule has 0 saturated carbocycles. The Bertz CT molecular complexity index is 59.4. The Morgan fingerprint density at radius 1 is 1.20 bits per heavy atom. The molecule has 64 valence electrons. The van der Waals surface area contributed by atoms with Crippen LogP contribution in [0.25, 0.3) is 0 Å². The summed E-state index contributed by atoms with van der Waals surface area (Å²) >= 11 is 0. The zero-order valence-electron chi connectivity index (χ0n) is 8.23. The molecule has 0 amide bonds. The van der Waals surface area contributed by atoms with Crippen LogP contribution in [0.3, 0.4) is 0 Å². The standard InChI is InChI=1S/C5H13N.C3H9N/c1-4-5(2,3)6;1-4(2)3/h4,6H2,1-3H3;1-3H3. The Hall–Kier alpha value is -0.0800. The van der Waals surface area contributed by atoms with E-state index in [2.05, 4.69) is 6.92 Å². The lowest BCUT2D eigenvalue weighted by molar-refractivity contribution is 0.501. The number of hydrogen-bond acceptors (Lipinski definition) is 2. The van der Waals surface area contributed by atoms with Gasteiger partial charge in [0.2, 0.25) is 0 Å². The van der Waals surface area contributed by atoms with Crippen LogP contribution in [0.15, 0.2) is 0 Å². The van der Waals surface area contributed by atoms with E-state index < -0.39 is 0 Å². The van der Waals surface area contributed by atoms with Crippen LogP contribution in [-0.4, -0.2) is 31.6 Å². The van der Waals surface area contributed by atoms with E-state index in [4.69, 9.17) is 5.73 Å². The number of nitrogens with zero attached hydrogens (tertiary/aromatic N) is 1. The van der Waals surface area contributed by atoms with Gasteiger partial charge in [-0.1, -0.05) is 6.92 Å². The highest BCUT2D eigenvalue weighted by atomic mass is 15.0. The van der Waals surface area contributed by atoms with Gasteiger partial charge in [-0.2, -0.15) is 0 Å². The van der Waals surface area contributed by atoms with E-state index in [1.54, 1.807) is 0 Å². The van der Waals surface area contributed by atoms with E-state index in [1.165, 1.54) is 0 Å². The van der Waals surface area contributed by atoms with Gasteiger partial charge in [-0.25, -0.2) is 0 Å². The van der Waals surface area contributed by atoms with Crippen LogP contribution < -0.4 is 5.73 Å². The fourth-order valence-corrected chi connectivity index (χ4v) is 0. The predicted octanol–water partition coefficient (Wildman–Crippen LogP) is 1.31. The second kappa shape index (κ2) is 5.69. The molecule has 0 rings (SSSR count). The van der Waals surface area contributed by atoms with E-state index in [1.807, 2.05) is 39.9 Å². The fourth-order valence-electron chi connectivity index (χ4n) is 0. The van der Waals surface area contributed by atoms with Crippen molar-refractivity contribution < 1.29 is 0 Å². The monoisotopic (exact) mass is 146 g/mol. The molecular formula is C8H22N2. The first-order valence-electron chi connectivity index (χ1n) is 3.69. The molecule has 0 saturated heterocycles. The zero-order valence-corrected chi connectivity index (χ0v) is 8.23. The fraction of sp³-hybridized carbons (Fsp3) is 1.00. The molecule has 0 aliphatic carbocycles. The van der Waals surface area contributed by atoms with Crippen molar-refractivity contribution in [2.24, 2.45) is 5.73 Å². The Labute approximate surface area is 65.4 Å². The Morgan fingerprint density at radius 3 is 1.30 bits per heavy atom. The molecule has 0 fully saturated rings. The van der Waals surface area contributed by atoms with Crippen molar-refractivity contribution in [3.05, 3.63) is 0 Å². The highest BCUT2D eigenvalue weighted by molar-refractivity contribution is 4.66. The number of hydrogen-bond donors (Lipinski definition) is 1. The highest BCUT2D eigenvalue weighted by Gasteiger charge is 2.03. The molecule has 2 nitrogen and oxygen atoms in total. The minimum absolute atomic E-state index is 0.0417. The van der Waals surface area contributed by atoms with E-state index in [0.717, 1.165) is 6.42 Å². The van der Waals surface area contributed by atoms with Crippen molar-refractivity contribution in [3.63, 3.8) is 0 Å². The number of rotatable bonds is 1. The molecule has 0 unspecified atom stereocenters. The van der Waals surface area contributed by atoms with Gasteiger partial charge in [0.1, 0.15) is 0 Å². The lowest BCUT2D eigenvalue weighted by Crippen LogP contribution is -2.30. The third-order valence-corrected chi connectivity index (χ3v) is 0.911. The summed E-state index contributed by atoms with van der Waals surface area (Å²) in [5, 5.41) is 0. The van der Waals surface area contributed by atoms with Crippen LogP contribution in [0.5, 0.6) is 0 Å². The lowest BCUT2D eigenvalue weighted by Gasteiger charge is -2.13. The highest BCUT2D eigenvalue weighted by Crippen LogP contribution is 1.99. The van der Waals surface area contributed by atoms with Gasteiger partial charge < -0.3 is 10.6 Å². The summed E-state index contributed by atoms with van der Waals surface area (Å²) < 4.78 is 0. The van der Waals surface area contributed by atoms with Crippen molar-refractivity contribution in [2.45, 2.75) is 32.7 Å². The normalized spacial score (nSPS) is 10.8. The average molecular weight is 146 g/mol. The third-order valence-electron chi connectivity index (χ3n) is 0.911. The summed E-state index contributed by atoms with van der Waals surface area (Å²) in [5.41, 5.74) is 5.58. The first-order valence-corrected chi connectivity index (χ1v) is 3.69. The topological polar surface area (TPSA) is 29.3 Å². The maximum Gasteiger partial charge on any atom is 0.00944 e. The van der Waals surface area contributed by atoms with Gasteiger partial charge in [0.25, 0.3) is 0 Å². The van der Waals surface area contributed by atoms with E-state index in [9.17, 15) is 0 Å². The summed E-state index contributed by atoms with van der Waals surface area (Å²) in [6.45, 7) is 6.12. The zero-order chi connectivity index (χ0) is 8.78. The predicted molar refractivity (Wildman–Crippen MR) is 48.2 cm³/mol. The van der Waals surface area contributed by atoms with Crippen LogP contribution in [0.2, 0.25) is 0 Å². The minimum atomic E-state index is 0.0417. The van der Waals surface area contributed by atoms with Crippen molar-refractivity contribution in [1.29, 1.82) is 0 Å². The number of nitrogens with two attached hydrogens (primary N) is 1. The molecule has 0 radical (unpaired) electrons. The molecular weight excluding hydrogens is 124 g/mol. The van der Waals surface area contributed by atoms with Crippen molar-refractivity contribution >= 4 is 0 Å². The van der Waals surface area contributed by atoms with Crippen LogP contribution in [-0.2, 0) is 0 Å². The van der Waals surface area contributed by atoms with Crippen LogP contribution in [0.4, 0.5) is 0 Å². The molecule has 0 aromatic carbocycles. The minimum Gasteiger partial charge on any atom is -0.326 e. The van der Waals surface area contributed by atoms with E-state index in [-0.39, 0.29) is 5.54 Å². The Kier molecular flexibility index (Phi) is 7.15. The van der Waals surface area contributed by atoms with E-state index >= 15 is 0 Å². The first kappa shape index (κ1) is 12.6. The van der Waals surface area contributed by atoms with Gasteiger partial charge in [-0.05, 0) is 41.4 Å². The molecule has 0 atom stereocenters. The second-order valence-corrected chi connectivity index (χ2v) is 3.68. The summed E-state index contributed by atoms with van der Waals surface area (Å²) in [6.07, 6.45) is 1.05. The summed E-state index contributed by atoms with van der Waals surface area (Å²) in [5.74, 6) is 0. The molecule has 0 aromatic rings. The molecule has 0 bridgehead atoms. The van der Waals surface area contributed by atoms with Gasteiger partial charge in [0.15, 0.2) is 0 Å². The molecule has 2 heteroatoms. The third kappa shape index (κ3) is 44.5. The molecule has 0 heterocycles. The first-order chi connectivity index (χ1) is 4.29. The maximum atomic E-state index is 5.53. The van der Waals surface area contributed by atoms with Crippen molar-refractivity contribution in [1.82, 2.24) is 4.90 Å². The molecule has 0 aromatic heterocycles. The largest absolute Gasteiger partial charge is 0.326 e. The average Bonchev–Trinajstić information content (AvgIpc) is 1.63. The van der Waals surface area contributed by atoms with Gasteiger partial charge in [0.05, 0.1) is 0 Å². The van der Waals surface area contributed by atoms with E-state index in [0.29, 0.717) is 0 Å². The smallest absolute Gasteiger partial charge is 0.00944 e. The molecule has 10 heavy (non-hydrogen) atoms. The van der Waals surface area contributed by atoms with Crippen LogP contribution >= 0.6 is 0 Å². The molecule has 0 aliphatic heterocycles. The summed E-state index contributed by atoms with van der Waals surface area (Å²) in [6, 6.07) is 0. The van der Waals surface area contributed by atoms with Gasteiger partial charge in [-0.3, -0.25) is 0 Å². The lowest BCUT2D eigenvalue weighted by atomic mass is 10.1. The second-order valence-electron chi connectivity index (χ2n) is 3.68. The van der Waals surface area contributed by atoms with Gasteiger partial charge in [-0.15, -0.1) is 0 Å². The summed E-state index contributed by atoms with van der Waals surface area (Å²) in [7, 11) is 6.00. The quantitative estimate of drug-likeness (QED) is 0.604.